The van der Waals surface area contributed by atoms with Crippen LogP contribution in [0.4, 0.5) is 0 Å². The van der Waals surface area contributed by atoms with Crippen molar-refractivity contribution in [2.75, 3.05) is 39.6 Å². The van der Waals surface area contributed by atoms with E-state index in [1.807, 2.05) is 0 Å². The van der Waals surface area contributed by atoms with Gasteiger partial charge in [0.05, 0.1) is 26.4 Å². The quantitative estimate of drug-likeness (QED) is 0.0146. The fourth-order valence-electron chi connectivity index (χ4n) is 10.0. The van der Waals surface area contributed by atoms with E-state index in [9.17, 15) is 43.5 Å². The van der Waals surface area contributed by atoms with Gasteiger partial charge in [-0.3, -0.25) is 32.5 Å². The number of aliphatic hydroxyl groups excluding tert-OH is 2. The van der Waals surface area contributed by atoms with E-state index in [0.717, 1.165) is 173 Å². The summed E-state index contributed by atoms with van der Waals surface area (Å²) in [6.07, 6.45) is 96.9. The summed E-state index contributed by atoms with van der Waals surface area (Å²) >= 11 is 0. The summed E-state index contributed by atoms with van der Waals surface area (Å²) in [5, 5.41) is 20.6. The molecule has 0 radical (unpaired) electrons. The Bertz CT molecular complexity index is 2550. The number of unbranched alkanes of at least 4 members (excludes halogenated alkanes) is 22. The lowest BCUT2D eigenvalue weighted by molar-refractivity contribution is -0.161. The van der Waals surface area contributed by atoms with E-state index in [1.165, 1.54) is 57.8 Å². The van der Waals surface area contributed by atoms with Crippen molar-refractivity contribution in [2.45, 2.75) is 309 Å². The first-order chi connectivity index (χ1) is 50.2. The van der Waals surface area contributed by atoms with Gasteiger partial charge in [0.25, 0.3) is 0 Å². The van der Waals surface area contributed by atoms with Crippen molar-refractivity contribution in [3.63, 3.8) is 0 Å². The average Bonchev–Trinajstić information content (AvgIpc) is 0.917. The van der Waals surface area contributed by atoms with Crippen LogP contribution < -0.4 is 0 Å². The molecule has 0 fully saturated rings. The fourth-order valence-corrected chi connectivity index (χ4v) is 11.6. The van der Waals surface area contributed by atoms with Gasteiger partial charge in [0.2, 0.25) is 0 Å². The van der Waals surface area contributed by atoms with Gasteiger partial charge in [-0.05, 0) is 148 Å². The molecule has 0 aromatic heterocycles. The van der Waals surface area contributed by atoms with E-state index in [1.54, 1.807) is 0 Å². The lowest BCUT2D eigenvalue weighted by Gasteiger charge is -2.21. The lowest BCUT2D eigenvalue weighted by atomic mass is 10.0. The highest BCUT2D eigenvalue weighted by atomic mass is 31.2. The molecule has 0 saturated carbocycles. The zero-order valence-electron chi connectivity index (χ0n) is 63.9. The molecule has 0 aromatic rings. The van der Waals surface area contributed by atoms with Crippen LogP contribution in [0.3, 0.4) is 0 Å². The molecule has 0 aromatic carbocycles. The molecule has 0 amide bonds. The van der Waals surface area contributed by atoms with Gasteiger partial charge in [0.1, 0.15) is 25.4 Å². The molecule has 0 bridgehead atoms. The fraction of sp³-hybridized carbons (Fsp3) is 0.635. The average molecular weight is 1480 g/mol. The molecule has 5 atom stereocenters. The number of phosphoric ester groups is 2. The van der Waals surface area contributed by atoms with E-state index in [4.69, 9.17) is 32.3 Å². The standard InChI is InChI=1S/C85H140O16P2/c1-4-7-10-13-16-19-22-25-28-30-32-34-36-37-38-39-40-41-43-45-46-48-51-53-56-59-62-65-68-71-83(88)95-74-80(86)75-97-102(91,92)98-76-81(87)77-99-103(93,94)100-79-82(101-85(90)73-70-67-64-61-58-55-50-27-24-21-18-15-12-9-6-3)78-96-84(89)72-69-66-63-60-57-54-52-49-47-44-42-35-33-31-29-26-23-20-17-14-11-8-5-2/h7-12,16-21,25-29,32-35,37-38,44,47,50,52,54,80-82,86-87H,4-6,13-15,22-24,30-31,36,39-43,45-46,48-49,51,53,55-79H2,1-3H3,(H,91,92)(H,93,94)/b10-7-,11-8-,12-9-,19-16-,20-17-,21-18-,28-25-,29-26-,34-32-,35-33-,38-37-,47-44-,50-27-,54-52-. The van der Waals surface area contributed by atoms with Gasteiger partial charge in [-0.15, -0.1) is 0 Å². The first-order valence-electron chi connectivity index (χ1n) is 39.4. The number of esters is 3. The Hall–Kier alpha value is -5.09. The van der Waals surface area contributed by atoms with Crippen LogP contribution in [0.25, 0.3) is 0 Å². The highest BCUT2D eigenvalue weighted by Gasteiger charge is 2.29. The van der Waals surface area contributed by atoms with Crippen LogP contribution >= 0.6 is 15.6 Å². The van der Waals surface area contributed by atoms with Crippen LogP contribution in [0, 0.1) is 0 Å². The molecule has 0 spiro atoms. The Labute approximate surface area is 624 Å². The second kappa shape index (κ2) is 76.6. The minimum absolute atomic E-state index is 0.0732. The maximum atomic E-state index is 13.0. The largest absolute Gasteiger partial charge is 0.472 e. The summed E-state index contributed by atoms with van der Waals surface area (Å²) in [6.45, 7) is 2.28. The van der Waals surface area contributed by atoms with Crippen LogP contribution in [-0.4, -0.2) is 95.9 Å². The van der Waals surface area contributed by atoms with Gasteiger partial charge in [-0.1, -0.05) is 294 Å². The topological polar surface area (TPSA) is 231 Å². The molecule has 0 aliphatic rings. The van der Waals surface area contributed by atoms with Crippen molar-refractivity contribution in [3.8, 4) is 0 Å². The third-order valence-corrected chi connectivity index (χ3v) is 17.8. The van der Waals surface area contributed by atoms with Crippen molar-refractivity contribution >= 4 is 33.6 Å². The van der Waals surface area contributed by atoms with Crippen molar-refractivity contribution in [1.29, 1.82) is 0 Å². The highest BCUT2D eigenvalue weighted by molar-refractivity contribution is 7.47. The Kier molecular flexibility index (Phi) is 72.8. The molecule has 0 rings (SSSR count). The molecule has 586 valence electrons. The first kappa shape index (κ1) is 97.9. The summed E-state index contributed by atoms with van der Waals surface area (Å²) in [5.41, 5.74) is 0. The Morgan fingerprint density at radius 3 is 0.767 bits per heavy atom. The molecule has 0 saturated heterocycles. The molecule has 16 nitrogen and oxygen atoms in total. The third-order valence-electron chi connectivity index (χ3n) is 15.9. The Morgan fingerprint density at radius 1 is 0.272 bits per heavy atom. The second-order valence-corrected chi connectivity index (χ2v) is 28.6. The molecule has 103 heavy (non-hydrogen) atoms. The van der Waals surface area contributed by atoms with Gasteiger partial charge in [-0.2, -0.15) is 0 Å². The molecule has 18 heteroatoms. The van der Waals surface area contributed by atoms with Crippen molar-refractivity contribution in [2.24, 2.45) is 0 Å². The van der Waals surface area contributed by atoms with Crippen molar-refractivity contribution < 1.29 is 75.8 Å². The van der Waals surface area contributed by atoms with E-state index < -0.39 is 91.5 Å². The molecule has 0 aliphatic heterocycles. The van der Waals surface area contributed by atoms with Crippen molar-refractivity contribution in [3.05, 3.63) is 170 Å². The molecule has 4 N–H and O–H groups in total. The zero-order valence-corrected chi connectivity index (χ0v) is 65.7. The van der Waals surface area contributed by atoms with Crippen molar-refractivity contribution in [1.82, 2.24) is 0 Å². The molecule has 0 aliphatic carbocycles. The Balaban J connectivity index is 4.58. The predicted octanol–water partition coefficient (Wildman–Crippen LogP) is 23.2. The number of ether oxygens (including phenoxy) is 3. The van der Waals surface area contributed by atoms with E-state index in [2.05, 4.69) is 191 Å². The maximum absolute atomic E-state index is 13.0. The van der Waals surface area contributed by atoms with Crippen LogP contribution in [0.1, 0.15) is 290 Å². The van der Waals surface area contributed by atoms with E-state index in [0.29, 0.717) is 19.3 Å². The normalized spacial score (nSPS) is 14.9. The molecular weight excluding hydrogens is 1340 g/mol. The summed E-state index contributed by atoms with van der Waals surface area (Å²) in [4.78, 5) is 58.6. The summed E-state index contributed by atoms with van der Waals surface area (Å²) < 4.78 is 61.1. The number of hydrogen-bond donors (Lipinski definition) is 4. The molecular formula is C85H140O16P2. The van der Waals surface area contributed by atoms with Gasteiger partial charge in [0, 0.05) is 19.3 Å². The van der Waals surface area contributed by atoms with E-state index in [-0.39, 0.29) is 19.3 Å². The second-order valence-electron chi connectivity index (χ2n) is 25.7. The van der Waals surface area contributed by atoms with Crippen LogP contribution in [0.2, 0.25) is 0 Å². The monoisotopic (exact) mass is 1480 g/mol. The van der Waals surface area contributed by atoms with Gasteiger partial charge in [0.15, 0.2) is 6.10 Å². The van der Waals surface area contributed by atoms with Crippen LogP contribution in [-0.2, 0) is 55.8 Å². The first-order valence-corrected chi connectivity index (χ1v) is 42.4. The van der Waals surface area contributed by atoms with Gasteiger partial charge < -0.3 is 34.2 Å². The number of carbonyl (C=O) groups excluding carboxylic acids is 3. The lowest BCUT2D eigenvalue weighted by Crippen LogP contribution is -2.30. The van der Waals surface area contributed by atoms with Crippen LogP contribution in [0.15, 0.2) is 170 Å². The highest BCUT2D eigenvalue weighted by Crippen LogP contribution is 2.45. The number of aliphatic hydroxyl groups is 2. The SMILES string of the molecule is CC/C=C\C/C=C\C/C=C\C/C=C\C/C=C\C/C=C\CCCCCCC(=O)OCC(COP(=O)(O)OCC(O)COP(=O)(O)OCC(O)COC(=O)CCCCCCCCCCCCCCC/C=C\C/C=C\C/C=C\C/C=C\C/C=C\CC)OC(=O)CCCCCCC/C=C\C/C=C\C/C=C\CC. The summed E-state index contributed by atoms with van der Waals surface area (Å²) in [6, 6.07) is 0. The maximum Gasteiger partial charge on any atom is 0.472 e. The molecule has 0 heterocycles. The number of phosphoric acid groups is 2. The summed E-state index contributed by atoms with van der Waals surface area (Å²) in [7, 11) is -9.81. The van der Waals surface area contributed by atoms with Gasteiger partial charge in [-0.25, -0.2) is 9.13 Å². The van der Waals surface area contributed by atoms with Crippen LogP contribution in [0.5, 0.6) is 0 Å². The zero-order chi connectivity index (χ0) is 75.2. The third kappa shape index (κ3) is 77.8. The number of rotatable bonds is 73. The smallest absolute Gasteiger partial charge is 0.463 e. The minimum atomic E-state index is -4.95. The number of allylic oxidation sites excluding steroid dienone is 28. The predicted molar refractivity (Wildman–Crippen MR) is 426 cm³/mol. The Morgan fingerprint density at radius 2 is 0.485 bits per heavy atom. The molecule has 5 unspecified atom stereocenters. The van der Waals surface area contributed by atoms with Gasteiger partial charge >= 0.3 is 33.6 Å². The number of hydrogen-bond acceptors (Lipinski definition) is 14. The number of carbonyl (C=O) groups is 3. The summed E-state index contributed by atoms with van der Waals surface area (Å²) in [5.74, 6) is -1.63. The van der Waals surface area contributed by atoms with E-state index >= 15 is 0 Å². The minimum Gasteiger partial charge on any atom is -0.463 e.